The first-order chi connectivity index (χ1) is 13.7. The van der Waals surface area contributed by atoms with Crippen molar-refractivity contribution in [2.75, 3.05) is 6.54 Å². The Kier molecular flexibility index (Phi) is 4.57. The summed E-state index contributed by atoms with van der Waals surface area (Å²) in [5, 5.41) is 7.27. The van der Waals surface area contributed by atoms with Crippen LogP contribution in [0.1, 0.15) is 56.2 Å². The summed E-state index contributed by atoms with van der Waals surface area (Å²) in [6.45, 7) is 0.767. The van der Waals surface area contributed by atoms with Gasteiger partial charge in [0.1, 0.15) is 0 Å². The number of allylic oxidation sites excluding steroid dienone is 2. The number of amides is 2. The summed E-state index contributed by atoms with van der Waals surface area (Å²) in [4.78, 5) is 29.7. The minimum absolute atomic E-state index is 0.0607. The van der Waals surface area contributed by atoms with Gasteiger partial charge in [0.2, 0.25) is 11.8 Å². The topological polar surface area (TPSA) is 69.3 Å². The molecule has 1 aromatic rings. The number of nitrogens with zero attached hydrogens (tertiary/aromatic N) is 3. The Hall–Kier alpha value is -2.37. The first-order valence-corrected chi connectivity index (χ1v) is 10.7. The maximum atomic E-state index is 13.5. The standard InChI is InChI=1S/C22H28N4O2/c27-21-3-1-2-12-25(21)17-6-4-15(5-7-17)22(28)26(18-8-9-18)19-10-11-20-16(13-19)14-23-24-20/h1,3,6,14-15,18-19H,2,4-5,7-13H2,(H,23,24). The molecule has 0 aromatic carbocycles. The number of hydrogen-bond acceptors (Lipinski definition) is 3. The van der Waals surface area contributed by atoms with Crippen LogP contribution in [0.2, 0.25) is 0 Å². The predicted octanol–water partition coefficient (Wildman–Crippen LogP) is 2.73. The summed E-state index contributed by atoms with van der Waals surface area (Å²) in [7, 11) is 0. The van der Waals surface area contributed by atoms with E-state index in [9.17, 15) is 9.59 Å². The molecule has 1 saturated carbocycles. The maximum Gasteiger partial charge on any atom is 0.250 e. The van der Waals surface area contributed by atoms with Crippen molar-refractivity contribution in [3.8, 4) is 0 Å². The van der Waals surface area contributed by atoms with E-state index in [1.165, 1.54) is 11.3 Å². The van der Waals surface area contributed by atoms with Gasteiger partial charge in [0.25, 0.3) is 0 Å². The molecule has 6 heteroatoms. The number of aryl methyl sites for hydroxylation is 1. The van der Waals surface area contributed by atoms with E-state index in [2.05, 4.69) is 21.2 Å². The molecule has 5 rings (SSSR count). The minimum atomic E-state index is 0.0607. The van der Waals surface area contributed by atoms with Gasteiger partial charge in [-0.2, -0.15) is 5.10 Å². The van der Waals surface area contributed by atoms with Crippen LogP contribution in [0.25, 0.3) is 0 Å². The maximum absolute atomic E-state index is 13.5. The number of aromatic nitrogens is 2. The highest BCUT2D eigenvalue weighted by Gasteiger charge is 2.41. The first kappa shape index (κ1) is 17.7. The van der Waals surface area contributed by atoms with Crippen LogP contribution in [0.4, 0.5) is 0 Å². The molecule has 6 nitrogen and oxygen atoms in total. The lowest BCUT2D eigenvalue weighted by atomic mass is 9.87. The van der Waals surface area contributed by atoms with Gasteiger partial charge in [-0.15, -0.1) is 0 Å². The van der Waals surface area contributed by atoms with Crippen molar-refractivity contribution in [2.24, 2.45) is 5.92 Å². The molecule has 28 heavy (non-hydrogen) atoms. The van der Waals surface area contributed by atoms with E-state index in [0.29, 0.717) is 18.0 Å². The second-order valence-electron chi connectivity index (χ2n) is 8.59. The third-order valence-electron chi connectivity index (χ3n) is 6.71. The number of fused-ring (bicyclic) bond motifs is 1. The van der Waals surface area contributed by atoms with Gasteiger partial charge in [0, 0.05) is 35.9 Å². The monoisotopic (exact) mass is 380 g/mol. The summed E-state index contributed by atoms with van der Waals surface area (Å²) in [6.07, 6.45) is 16.3. The molecule has 1 N–H and O–H groups in total. The number of carbonyl (C=O) groups is 2. The van der Waals surface area contributed by atoms with Crippen molar-refractivity contribution in [1.29, 1.82) is 0 Å². The molecule has 2 heterocycles. The van der Waals surface area contributed by atoms with Crippen LogP contribution in [0.15, 0.2) is 30.1 Å². The van der Waals surface area contributed by atoms with Gasteiger partial charge in [-0.3, -0.25) is 14.7 Å². The van der Waals surface area contributed by atoms with Crippen molar-refractivity contribution in [3.63, 3.8) is 0 Å². The zero-order valence-corrected chi connectivity index (χ0v) is 16.3. The number of rotatable bonds is 4. The predicted molar refractivity (Wildman–Crippen MR) is 105 cm³/mol. The van der Waals surface area contributed by atoms with Crippen LogP contribution in [0, 0.1) is 5.92 Å². The molecule has 1 fully saturated rings. The second-order valence-corrected chi connectivity index (χ2v) is 8.59. The highest BCUT2D eigenvalue weighted by molar-refractivity contribution is 5.89. The lowest BCUT2D eigenvalue weighted by Gasteiger charge is -2.38. The highest BCUT2D eigenvalue weighted by Crippen LogP contribution is 2.37. The Morgan fingerprint density at radius 1 is 1.18 bits per heavy atom. The Morgan fingerprint density at radius 2 is 2.07 bits per heavy atom. The summed E-state index contributed by atoms with van der Waals surface area (Å²) in [5.74, 6) is 0.477. The van der Waals surface area contributed by atoms with E-state index >= 15 is 0 Å². The smallest absolute Gasteiger partial charge is 0.250 e. The minimum Gasteiger partial charge on any atom is -0.336 e. The molecule has 2 unspecified atom stereocenters. The average Bonchev–Trinajstić information content (AvgIpc) is 3.44. The Bertz CT molecular complexity index is 835. The zero-order chi connectivity index (χ0) is 19.1. The van der Waals surface area contributed by atoms with E-state index in [-0.39, 0.29) is 11.8 Å². The summed E-state index contributed by atoms with van der Waals surface area (Å²) >= 11 is 0. The summed E-state index contributed by atoms with van der Waals surface area (Å²) in [6, 6.07) is 0.745. The Morgan fingerprint density at radius 3 is 2.82 bits per heavy atom. The number of aromatic amines is 1. The van der Waals surface area contributed by atoms with Crippen molar-refractivity contribution in [3.05, 3.63) is 41.4 Å². The quantitative estimate of drug-likeness (QED) is 0.873. The van der Waals surface area contributed by atoms with Crippen molar-refractivity contribution in [1.82, 2.24) is 20.0 Å². The molecule has 1 aliphatic heterocycles. The van der Waals surface area contributed by atoms with Gasteiger partial charge in [0.15, 0.2) is 0 Å². The molecule has 3 aliphatic carbocycles. The summed E-state index contributed by atoms with van der Waals surface area (Å²) in [5.41, 5.74) is 3.62. The third kappa shape index (κ3) is 3.29. The SMILES string of the molecule is O=C1C=CCCN1C1=CCC(C(=O)N(C2CC2)C2CCc3[nH]ncc3C2)CC1. The average molecular weight is 380 g/mol. The number of nitrogens with one attached hydrogen (secondary N) is 1. The number of H-pyrrole nitrogens is 1. The first-order valence-electron chi connectivity index (χ1n) is 10.7. The normalized spacial score (nSPS) is 27.4. The van der Waals surface area contributed by atoms with E-state index in [4.69, 9.17) is 0 Å². The van der Waals surface area contributed by atoms with E-state index in [0.717, 1.165) is 70.0 Å². The second kappa shape index (κ2) is 7.22. The van der Waals surface area contributed by atoms with Gasteiger partial charge < -0.3 is 9.80 Å². The van der Waals surface area contributed by atoms with Crippen LogP contribution >= 0.6 is 0 Å². The molecular formula is C22H28N4O2. The molecule has 4 aliphatic rings. The zero-order valence-electron chi connectivity index (χ0n) is 16.3. The van der Waals surface area contributed by atoms with Crippen LogP contribution in [0.5, 0.6) is 0 Å². The lowest BCUT2D eigenvalue weighted by molar-refractivity contribution is -0.139. The van der Waals surface area contributed by atoms with Crippen LogP contribution < -0.4 is 0 Å². The fourth-order valence-electron chi connectivity index (χ4n) is 5.02. The molecule has 0 spiro atoms. The lowest BCUT2D eigenvalue weighted by Crippen LogP contribution is -2.47. The van der Waals surface area contributed by atoms with Crippen molar-refractivity contribution >= 4 is 11.8 Å². The molecule has 0 radical (unpaired) electrons. The van der Waals surface area contributed by atoms with E-state index in [1.807, 2.05) is 17.2 Å². The van der Waals surface area contributed by atoms with Crippen LogP contribution in [0.3, 0.4) is 0 Å². The molecule has 0 bridgehead atoms. The largest absolute Gasteiger partial charge is 0.336 e. The van der Waals surface area contributed by atoms with E-state index in [1.54, 1.807) is 6.08 Å². The van der Waals surface area contributed by atoms with Gasteiger partial charge >= 0.3 is 0 Å². The third-order valence-corrected chi connectivity index (χ3v) is 6.71. The molecular weight excluding hydrogens is 352 g/mol. The van der Waals surface area contributed by atoms with Crippen LogP contribution in [-0.2, 0) is 22.4 Å². The van der Waals surface area contributed by atoms with Gasteiger partial charge in [0.05, 0.1) is 6.20 Å². The van der Waals surface area contributed by atoms with Crippen molar-refractivity contribution in [2.45, 2.75) is 69.9 Å². The fraction of sp³-hybridized carbons (Fsp3) is 0.591. The molecule has 1 aromatic heterocycles. The Balaban J connectivity index is 1.27. The Labute approximate surface area is 165 Å². The van der Waals surface area contributed by atoms with Crippen molar-refractivity contribution < 1.29 is 9.59 Å². The van der Waals surface area contributed by atoms with E-state index < -0.39 is 0 Å². The fourth-order valence-corrected chi connectivity index (χ4v) is 5.02. The number of carbonyl (C=O) groups excluding carboxylic acids is 2. The van der Waals surface area contributed by atoms with Gasteiger partial charge in [-0.05, 0) is 69.4 Å². The summed E-state index contributed by atoms with van der Waals surface area (Å²) < 4.78 is 0. The molecule has 148 valence electrons. The van der Waals surface area contributed by atoms with Crippen LogP contribution in [-0.4, -0.2) is 50.4 Å². The molecule has 0 saturated heterocycles. The highest BCUT2D eigenvalue weighted by atomic mass is 16.2. The van der Waals surface area contributed by atoms with Gasteiger partial charge in [-0.25, -0.2) is 0 Å². The van der Waals surface area contributed by atoms with Gasteiger partial charge in [-0.1, -0.05) is 12.2 Å². The molecule has 2 amide bonds. The number of hydrogen-bond donors (Lipinski definition) is 1. The molecule has 2 atom stereocenters.